The number of halogens is 1. The summed E-state index contributed by atoms with van der Waals surface area (Å²) >= 11 is 3.26. The van der Waals surface area contributed by atoms with Crippen LogP contribution in [-0.4, -0.2) is 20.9 Å². The molecular weight excluding hydrogens is 380 g/mol. The Balaban J connectivity index is 2.12. The largest absolute Gasteiger partial charge is 0.349 e. The smallest absolute Gasteiger partial charge is 0.261 e. The number of rotatable bonds is 6. The van der Waals surface area contributed by atoms with Crippen molar-refractivity contribution in [3.05, 3.63) is 71.2 Å². The molecule has 0 aromatic heterocycles. The molecule has 2 N–H and O–H groups in total. The predicted molar refractivity (Wildman–Crippen MR) is 93.9 cm³/mol. The molecule has 2 rings (SSSR count). The summed E-state index contributed by atoms with van der Waals surface area (Å²) in [5.74, 6) is -0.243. The fraction of sp³-hybridized carbons (Fsp3) is 0.0625. The van der Waals surface area contributed by atoms with Crippen LogP contribution >= 0.6 is 15.9 Å². The van der Waals surface area contributed by atoms with Gasteiger partial charge in [-0.3, -0.25) is 9.52 Å². The number of hydrogen-bond donors (Lipinski definition) is 2. The Morgan fingerprint density at radius 1 is 1.09 bits per heavy atom. The fourth-order valence-electron chi connectivity index (χ4n) is 1.78. The maximum Gasteiger partial charge on any atom is 0.261 e. The summed E-state index contributed by atoms with van der Waals surface area (Å²) in [6.45, 7) is 3.89. The molecule has 120 valence electrons. The number of carbonyl (C=O) groups excluding carboxylic acids is 1. The lowest BCUT2D eigenvalue weighted by molar-refractivity contribution is 0.0958. The lowest BCUT2D eigenvalue weighted by Gasteiger charge is -2.09. The standard InChI is InChI=1S/C16H15BrN2O3S/c1-2-11-18-16(20)12-3-7-14(8-4-12)19-23(21,22)15-9-5-13(17)6-10-15/h2-10,19H,1,11H2,(H,18,20). The second kappa shape index (κ2) is 7.43. The molecule has 0 atom stereocenters. The molecule has 23 heavy (non-hydrogen) atoms. The van der Waals surface area contributed by atoms with Crippen LogP contribution in [0.15, 0.2) is 70.6 Å². The van der Waals surface area contributed by atoms with Crippen molar-refractivity contribution in [1.29, 1.82) is 0 Å². The molecule has 0 saturated carbocycles. The summed E-state index contributed by atoms with van der Waals surface area (Å²) in [6, 6.07) is 12.5. The highest BCUT2D eigenvalue weighted by Crippen LogP contribution is 2.19. The number of anilines is 1. The molecule has 0 aliphatic heterocycles. The fourth-order valence-corrected chi connectivity index (χ4v) is 3.11. The molecule has 7 heteroatoms. The number of carbonyl (C=O) groups is 1. The second-order valence-electron chi connectivity index (χ2n) is 4.64. The Hall–Kier alpha value is -2.12. The van der Waals surface area contributed by atoms with Gasteiger partial charge in [0.15, 0.2) is 0 Å². The first kappa shape index (κ1) is 17.2. The van der Waals surface area contributed by atoms with E-state index in [1.54, 1.807) is 42.5 Å². The van der Waals surface area contributed by atoms with E-state index in [1.807, 2.05) is 0 Å². The predicted octanol–water partition coefficient (Wildman–Crippen LogP) is 3.17. The van der Waals surface area contributed by atoms with Crippen molar-refractivity contribution in [2.75, 3.05) is 11.3 Å². The molecule has 5 nitrogen and oxygen atoms in total. The van der Waals surface area contributed by atoms with E-state index in [1.165, 1.54) is 12.1 Å². The lowest BCUT2D eigenvalue weighted by atomic mass is 10.2. The van der Waals surface area contributed by atoms with Crippen LogP contribution < -0.4 is 10.0 Å². The van der Waals surface area contributed by atoms with Gasteiger partial charge in [-0.25, -0.2) is 8.42 Å². The van der Waals surface area contributed by atoms with Gasteiger partial charge >= 0.3 is 0 Å². The molecule has 0 unspecified atom stereocenters. The SMILES string of the molecule is C=CCNC(=O)c1ccc(NS(=O)(=O)c2ccc(Br)cc2)cc1. The molecule has 0 heterocycles. The van der Waals surface area contributed by atoms with Crippen LogP contribution in [0.2, 0.25) is 0 Å². The lowest BCUT2D eigenvalue weighted by Crippen LogP contribution is -2.23. The summed E-state index contributed by atoms with van der Waals surface area (Å²) < 4.78 is 27.8. The van der Waals surface area contributed by atoms with Crippen LogP contribution in [0.4, 0.5) is 5.69 Å². The van der Waals surface area contributed by atoms with Gasteiger partial charge in [-0.2, -0.15) is 0 Å². The van der Waals surface area contributed by atoms with Gasteiger partial charge in [0.05, 0.1) is 4.90 Å². The van der Waals surface area contributed by atoms with Crippen molar-refractivity contribution in [2.45, 2.75) is 4.90 Å². The van der Waals surface area contributed by atoms with Gasteiger partial charge in [0.25, 0.3) is 15.9 Å². The van der Waals surface area contributed by atoms with Crippen LogP contribution in [0.25, 0.3) is 0 Å². The van der Waals surface area contributed by atoms with Gasteiger partial charge in [0, 0.05) is 22.3 Å². The van der Waals surface area contributed by atoms with Gasteiger partial charge in [-0.15, -0.1) is 6.58 Å². The van der Waals surface area contributed by atoms with E-state index in [9.17, 15) is 13.2 Å². The molecular formula is C16H15BrN2O3S. The Morgan fingerprint density at radius 2 is 1.70 bits per heavy atom. The van der Waals surface area contributed by atoms with Gasteiger partial charge in [0.2, 0.25) is 0 Å². The molecule has 0 bridgehead atoms. The van der Waals surface area contributed by atoms with Crippen molar-refractivity contribution < 1.29 is 13.2 Å². The minimum absolute atomic E-state index is 0.161. The van der Waals surface area contributed by atoms with Gasteiger partial charge in [-0.05, 0) is 48.5 Å². The number of nitrogens with one attached hydrogen (secondary N) is 2. The summed E-state index contributed by atoms with van der Waals surface area (Å²) in [7, 11) is -3.66. The monoisotopic (exact) mass is 394 g/mol. The van der Waals surface area contributed by atoms with E-state index < -0.39 is 10.0 Å². The van der Waals surface area contributed by atoms with E-state index in [0.29, 0.717) is 17.8 Å². The van der Waals surface area contributed by atoms with Crippen LogP contribution in [-0.2, 0) is 10.0 Å². The quantitative estimate of drug-likeness (QED) is 0.738. The third-order valence-corrected chi connectivity index (χ3v) is 4.86. The third-order valence-electron chi connectivity index (χ3n) is 2.93. The average Bonchev–Trinajstić information content (AvgIpc) is 2.53. The molecule has 0 spiro atoms. The highest BCUT2D eigenvalue weighted by Gasteiger charge is 2.14. The Labute approximate surface area is 143 Å². The normalized spacial score (nSPS) is 10.8. The maximum atomic E-state index is 12.3. The van der Waals surface area contributed by atoms with Crippen LogP contribution in [0.3, 0.4) is 0 Å². The molecule has 2 aromatic carbocycles. The first-order valence-corrected chi connectivity index (χ1v) is 8.97. The second-order valence-corrected chi connectivity index (χ2v) is 7.23. The number of sulfonamides is 1. The highest BCUT2D eigenvalue weighted by atomic mass is 79.9. The van der Waals surface area contributed by atoms with Crippen molar-refractivity contribution >= 4 is 37.5 Å². The van der Waals surface area contributed by atoms with Crippen molar-refractivity contribution in [2.24, 2.45) is 0 Å². The van der Waals surface area contributed by atoms with E-state index in [4.69, 9.17) is 0 Å². The Bertz CT molecular complexity index is 800. The summed E-state index contributed by atoms with van der Waals surface area (Å²) in [5, 5.41) is 2.65. The van der Waals surface area contributed by atoms with Crippen LogP contribution in [0.1, 0.15) is 10.4 Å². The summed E-state index contributed by atoms with van der Waals surface area (Å²) in [5.41, 5.74) is 0.826. The first-order chi connectivity index (χ1) is 10.9. The van der Waals surface area contributed by atoms with Crippen LogP contribution in [0.5, 0.6) is 0 Å². The number of benzene rings is 2. The summed E-state index contributed by atoms with van der Waals surface area (Å²) in [4.78, 5) is 11.9. The van der Waals surface area contributed by atoms with Crippen molar-refractivity contribution in [1.82, 2.24) is 5.32 Å². The maximum absolute atomic E-state index is 12.3. The van der Waals surface area contributed by atoms with Gasteiger partial charge in [0.1, 0.15) is 0 Å². The highest BCUT2D eigenvalue weighted by molar-refractivity contribution is 9.10. The molecule has 0 fully saturated rings. The molecule has 0 saturated heterocycles. The molecule has 0 radical (unpaired) electrons. The topological polar surface area (TPSA) is 75.3 Å². The van der Waals surface area contributed by atoms with Crippen molar-refractivity contribution in [3.63, 3.8) is 0 Å². The van der Waals surface area contributed by atoms with E-state index in [-0.39, 0.29) is 10.8 Å². The zero-order valence-corrected chi connectivity index (χ0v) is 14.5. The van der Waals surface area contributed by atoms with Gasteiger partial charge < -0.3 is 5.32 Å². The molecule has 2 aromatic rings. The zero-order valence-electron chi connectivity index (χ0n) is 12.1. The zero-order chi connectivity index (χ0) is 16.9. The third kappa shape index (κ3) is 4.67. The molecule has 1 amide bonds. The average molecular weight is 395 g/mol. The minimum Gasteiger partial charge on any atom is -0.349 e. The molecule has 0 aliphatic rings. The van der Waals surface area contributed by atoms with Gasteiger partial charge in [-0.1, -0.05) is 22.0 Å². The van der Waals surface area contributed by atoms with Crippen LogP contribution in [0, 0.1) is 0 Å². The summed E-state index contributed by atoms with van der Waals surface area (Å²) in [6.07, 6.45) is 1.58. The molecule has 0 aliphatic carbocycles. The number of hydrogen-bond acceptors (Lipinski definition) is 3. The van der Waals surface area contributed by atoms with E-state index in [0.717, 1.165) is 4.47 Å². The van der Waals surface area contributed by atoms with Crippen molar-refractivity contribution in [3.8, 4) is 0 Å². The minimum atomic E-state index is -3.66. The Kier molecular flexibility index (Phi) is 5.57. The van der Waals surface area contributed by atoms with E-state index in [2.05, 4.69) is 32.5 Å². The number of amides is 1. The first-order valence-electron chi connectivity index (χ1n) is 6.70. The van der Waals surface area contributed by atoms with E-state index >= 15 is 0 Å². The Morgan fingerprint density at radius 3 is 2.26 bits per heavy atom.